The molecule has 1 saturated heterocycles. The van der Waals surface area contributed by atoms with Crippen LogP contribution in [0, 0.1) is 34.5 Å². The Morgan fingerprint density at radius 3 is 2.55 bits per heavy atom. The first kappa shape index (κ1) is 20.7. The van der Waals surface area contributed by atoms with Crippen molar-refractivity contribution >= 4 is 5.97 Å². The van der Waals surface area contributed by atoms with Crippen LogP contribution in [0.15, 0.2) is 11.6 Å². The third kappa shape index (κ3) is 2.88. The molecule has 5 nitrogen and oxygen atoms in total. The summed E-state index contributed by atoms with van der Waals surface area (Å²) in [6.07, 6.45) is 11.7. The number of esters is 1. The SMILES string of the molecule is C[C@]12CC[C@@](O)(CC3CO3)C[C@H]1CC[C@@H]1[C@@H]2CC[C@]2(C)[C@@H](C3=CC(=O)OC3)CC[C@]12O. The molecular weight excluding hydrogens is 392 g/mol. The Labute approximate surface area is 185 Å². The van der Waals surface area contributed by atoms with E-state index in [0.29, 0.717) is 24.4 Å². The van der Waals surface area contributed by atoms with Gasteiger partial charge in [-0.2, -0.15) is 0 Å². The summed E-state index contributed by atoms with van der Waals surface area (Å²) in [6, 6.07) is 0. The lowest BCUT2D eigenvalue weighted by atomic mass is 9.42. The van der Waals surface area contributed by atoms with E-state index in [0.717, 1.165) is 76.4 Å². The van der Waals surface area contributed by atoms with Crippen molar-refractivity contribution < 1.29 is 24.5 Å². The van der Waals surface area contributed by atoms with Gasteiger partial charge in [-0.05, 0) is 92.4 Å². The summed E-state index contributed by atoms with van der Waals surface area (Å²) in [6.45, 7) is 5.97. The number of fused-ring (bicyclic) bond motifs is 5. The molecule has 0 aromatic carbocycles. The number of cyclic esters (lactones) is 1. The van der Waals surface area contributed by atoms with Crippen LogP contribution in [0.4, 0.5) is 0 Å². The maximum absolute atomic E-state index is 12.3. The highest BCUT2D eigenvalue weighted by Gasteiger charge is 2.68. The number of rotatable bonds is 3. The Kier molecular flexibility index (Phi) is 4.39. The fourth-order valence-electron chi connectivity index (χ4n) is 9.27. The summed E-state index contributed by atoms with van der Waals surface area (Å²) in [4.78, 5) is 11.7. The fraction of sp³-hybridized carbons (Fsp3) is 0.885. The molecule has 9 atom stereocenters. The summed E-state index contributed by atoms with van der Waals surface area (Å²) >= 11 is 0. The highest BCUT2D eigenvalue weighted by molar-refractivity contribution is 5.85. The lowest BCUT2D eigenvalue weighted by molar-refractivity contribution is -0.215. The van der Waals surface area contributed by atoms with Gasteiger partial charge in [-0.25, -0.2) is 4.79 Å². The molecule has 2 N–H and O–H groups in total. The van der Waals surface area contributed by atoms with Gasteiger partial charge < -0.3 is 19.7 Å². The molecule has 0 bridgehead atoms. The summed E-state index contributed by atoms with van der Waals surface area (Å²) in [7, 11) is 0. The zero-order chi connectivity index (χ0) is 21.6. The standard InChI is InChI=1S/C26H38O5/c1-23-9-10-25(28,13-18-15-30-18)12-17(23)3-4-21-20(23)5-7-24(2)19(6-8-26(21,24)29)16-11-22(27)31-14-16/h11,17-21,28-29H,3-10,12-15H2,1-2H3/t17-,18?,19-,20+,21-,23+,24-,25+,26+/m1/s1. The summed E-state index contributed by atoms with van der Waals surface area (Å²) < 4.78 is 10.7. The lowest BCUT2D eigenvalue weighted by Crippen LogP contribution is -2.63. The van der Waals surface area contributed by atoms with Crippen LogP contribution >= 0.6 is 0 Å². The van der Waals surface area contributed by atoms with E-state index in [1.165, 1.54) is 0 Å². The molecule has 2 aliphatic heterocycles. The lowest BCUT2D eigenvalue weighted by Gasteiger charge is -2.64. The molecule has 31 heavy (non-hydrogen) atoms. The zero-order valence-corrected chi connectivity index (χ0v) is 19.1. The number of ether oxygens (including phenoxy) is 2. The number of aliphatic hydroxyl groups is 2. The van der Waals surface area contributed by atoms with E-state index in [2.05, 4.69) is 13.8 Å². The molecule has 1 unspecified atom stereocenters. The van der Waals surface area contributed by atoms with Crippen molar-refractivity contribution in [2.24, 2.45) is 34.5 Å². The van der Waals surface area contributed by atoms with Gasteiger partial charge in [0.1, 0.15) is 6.61 Å². The Balaban J connectivity index is 1.26. The van der Waals surface area contributed by atoms with E-state index < -0.39 is 11.2 Å². The molecule has 6 rings (SSSR count). The van der Waals surface area contributed by atoms with E-state index >= 15 is 0 Å². The minimum absolute atomic E-state index is 0.171. The molecular formula is C26H38O5. The first-order chi connectivity index (χ1) is 14.7. The molecule has 172 valence electrons. The van der Waals surface area contributed by atoms with E-state index in [1.54, 1.807) is 6.08 Å². The van der Waals surface area contributed by atoms with Crippen molar-refractivity contribution in [1.82, 2.24) is 0 Å². The van der Waals surface area contributed by atoms with Gasteiger partial charge in [0.2, 0.25) is 0 Å². The van der Waals surface area contributed by atoms with Crippen molar-refractivity contribution in [2.45, 2.75) is 95.4 Å². The second kappa shape index (κ2) is 6.57. The minimum atomic E-state index is -0.656. The minimum Gasteiger partial charge on any atom is -0.458 e. The number of hydrogen-bond donors (Lipinski definition) is 2. The Morgan fingerprint density at radius 2 is 1.84 bits per heavy atom. The third-order valence-electron chi connectivity index (χ3n) is 11.1. The molecule has 6 aliphatic rings. The van der Waals surface area contributed by atoms with Gasteiger partial charge in [0.25, 0.3) is 0 Å². The Bertz CT molecular complexity index is 819. The van der Waals surface area contributed by atoms with Gasteiger partial charge >= 0.3 is 5.97 Å². The van der Waals surface area contributed by atoms with Crippen molar-refractivity contribution in [2.75, 3.05) is 13.2 Å². The van der Waals surface area contributed by atoms with Crippen LogP contribution < -0.4 is 0 Å². The third-order valence-corrected chi connectivity index (χ3v) is 11.1. The van der Waals surface area contributed by atoms with E-state index in [4.69, 9.17) is 9.47 Å². The second-order valence-electron chi connectivity index (χ2n) is 12.4. The molecule has 0 aromatic rings. The maximum atomic E-state index is 12.3. The van der Waals surface area contributed by atoms with Crippen molar-refractivity contribution in [3.8, 4) is 0 Å². The quantitative estimate of drug-likeness (QED) is 0.526. The average molecular weight is 431 g/mol. The van der Waals surface area contributed by atoms with Crippen molar-refractivity contribution in [1.29, 1.82) is 0 Å². The van der Waals surface area contributed by atoms with Crippen LogP contribution in [0.3, 0.4) is 0 Å². The van der Waals surface area contributed by atoms with Gasteiger partial charge in [0.15, 0.2) is 0 Å². The van der Waals surface area contributed by atoms with Crippen LogP contribution in [-0.2, 0) is 14.3 Å². The van der Waals surface area contributed by atoms with Crippen LogP contribution in [0.25, 0.3) is 0 Å². The summed E-state index contributed by atoms with van der Waals surface area (Å²) in [5, 5.41) is 23.6. The topological polar surface area (TPSA) is 79.3 Å². The van der Waals surface area contributed by atoms with Crippen LogP contribution in [0.2, 0.25) is 0 Å². The van der Waals surface area contributed by atoms with E-state index in [9.17, 15) is 15.0 Å². The first-order valence-corrected chi connectivity index (χ1v) is 12.6. The molecule has 5 fully saturated rings. The van der Waals surface area contributed by atoms with Crippen LogP contribution in [0.1, 0.15) is 78.1 Å². The Hall–Kier alpha value is -0.910. The normalized spacial score (nSPS) is 55.7. The predicted octanol–water partition coefficient (Wildman–Crippen LogP) is 3.76. The second-order valence-corrected chi connectivity index (χ2v) is 12.4. The molecule has 0 radical (unpaired) electrons. The highest BCUT2D eigenvalue weighted by Crippen LogP contribution is 2.70. The first-order valence-electron chi connectivity index (χ1n) is 12.6. The van der Waals surface area contributed by atoms with Gasteiger partial charge in [-0.1, -0.05) is 13.8 Å². The van der Waals surface area contributed by atoms with Gasteiger partial charge in [-0.15, -0.1) is 0 Å². The smallest absolute Gasteiger partial charge is 0.331 e. The van der Waals surface area contributed by atoms with Crippen molar-refractivity contribution in [3.05, 3.63) is 11.6 Å². The molecule has 0 spiro atoms. The number of carbonyl (C=O) groups excluding carboxylic acids is 1. The molecule has 4 aliphatic carbocycles. The largest absolute Gasteiger partial charge is 0.458 e. The molecule has 2 heterocycles. The molecule has 5 heteroatoms. The monoisotopic (exact) mass is 430 g/mol. The molecule has 0 aromatic heterocycles. The van der Waals surface area contributed by atoms with Crippen LogP contribution in [0.5, 0.6) is 0 Å². The maximum Gasteiger partial charge on any atom is 0.331 e. The number of carbonyl (C=O) groups is 1. The molecule has 4 saturated carbocycles. The Morgan fingerprint density at radius 1 is 1.03 bits per heavy atom. The van der Waals surface area contributed by atoms with E-state index in [-0.39, 0.29) is 28.8 Å². The predicted molar refractivity (Wildman–Crippen MR) is 115 cm³/mol. The zero-order valence-electron chi connectivity index (χ0n) is 19.1. The van der Waals surface area contributed by atoms with Gasteiger partial charge in [0, 0.05) is 17.9 Å². The number of epoxide rings is 1. The number of hydrogen-bond acceptors (Lipinski definition) is 5. The van der Waals surface area contributed by atoms with E-state index in [1.807, 2.05) is 0 Å². The summed E-state index contributed by atoms with van der Waals surface area (Å²) in [5.74, 6) is 1.43. The van der Waals surface area contributed by atoms with Crippen LogP contribution in [-0.4, -0.2) is 46.7 Å². The van der Waals surface area contributed by atoms with Crippen molar-refractivity contribution in [3.63, 3.8) is 0 Å². The van der Waals surface area contributed by atoms with Gasteiger partial charge in [0.05, 0.1) is 23.9 Å². The molecule has 0 amide bonds. The average Bonchev–Trinajstić information content (AvgIpc) is 3.34. The van der Waals surface area contributed by atoms with Gasteiger partial charge in [-0.3, -0.25) is 0 Å². The highest BCUT2D eigenvalue weighted by atomic mass is 16.6. The fourth-order valence-corrected chi connectivity index (χ4v) is 9.27. The summed E-state index contributed by atoms with van der Waals surface area (Å²) in [5.41, 5.74) is -0.0719.